The normalized spacial score (nSPS) is 20.4. The molecule has 4 rings (SSSR count). The van der Waals surface area contributed by atoms with Crippen LogP contribution in [0.1, 0.15) is 62.1 Å². The number of thioether (sulfide) groups is 1. The van der Waals surface area contributed by atoms with Gasteiger partial charge in [0.15, 0.2) is 0 Å². The highest BCUT2D eigenvalue weighted by Crippen LogP contribution is 2.32. The molecule has 2 aromatic rings. The van der Waals surface area contributed by atoms with Crippen molar-refractivity contribution in [1.82, 2.24) is 0 Å². The molecule has 6 nitrogen and oxygen atoms in total. The van der Waals surface area contributed by atoms with Gasteiger partial charge < -0.3 is 14.7 Å². The van der Waals surface area contributed by atoms with E-state index in [0.29, 0.717) is 19.6 Å². The third-order valence-corrected chi connectivity index (χ3v) is 7.65. The Balaban J connectivity index is 1.32. The lowest BCUT2D eigenvalue weighted by Gasteiger charge is -2.17. The maximum atomic E-state index is 11.3. The minimum atomic E-state index is -0.849. The molecule has 2 aliphatic heterocycles. The van der Waals surface area contributed by atoms with E-state index in [0.717, 1.165) is 28.5 Å². The second kappa shape index (κ2) is 11.6. The number of aliphatic carboxylic acids is 1. The molecule has 2 aliphatic rings. The number of aliphatic imine (C=N–C) groups is 1. The Hall–Kier alpha value is -2.80. The number of nitrogens with zero attached hydrogens (tertiary/aromatic N) is 2. The van der Waals surface area contributed by atoms with Crippen LogP contribution in [0.2, 0.25) is 0 Å². The van der Waals surface area contributed by atoms with Gasteiger partial charge in [0.05, 0.1) is 28.5 Å². The van der Waals surface area contributed by atoms with Crippen molar-refractivity contribution in [1.29, 1.82) is 0 Å². The maximum absolute atomic E-state index is 11.3. The van der Waals surface area contributed by atoms with Gasteiger partial charge in [-0.05, 0) is 43.0 Å². The summed E-state index contributed by atoms with van der Waals surface area (Å²) in [5.41, 5.74) is 4.25. The molecule has 1 N–H and O–H groups in total. The van der Waals surface area contributed by atoms with Gasteiger partial charge in [0.2, 0.25) is 0 Å². The van der Waals surface area contributed by atoms with E-state index in [9.17, 15) is 9.90 Å². The summed E-state index contributed by atoms with van der Waals surface area (Å²) >= 11 is 1.78. The summed E-state index contributed by atoms with van der Waals surface area (Å²) in [6, 6.07) is 16.6. The van der Waals surface area contributed by atoms with Crippen LogP contribution >= 0.6 is 11.8 Å². The third-order valence-electron chi connectivity index (χ3n) is 6.25. The predicted molar refractivity (Wildman–Crippen MR) is 137 cm³/mol. The number of oxime groups is 1. The van der Waals surface area contributed by atoms with Crippen LogP contribution in [-0.2, 0) is 16.1 Å². The quantitative estimate of drug-likeness (QED) is 0.447. The highest BCUT2D eigenvalue weighted by Gasteiger charge is 2.28. The number of ether oxygens (including phenoxy) is 1. The molecule has 0 aliphatic carbocycles. The van der Waals surface area contributed by atoms with E-state index >= 15 is 0 Å². The van der Waals surface area contributed by atoms with Crippen molar-refractivity contribution >= 4 is 28.5 Å². The highest BCUT2D eigenvalue weighted by atomic mass is 32.2. The molecule has 0 fully saturated rings. The fraction of sp³-hybridized carbons (Fsp3) is 0.444. The van der Waals surface area contributed by atoms with Crippen LogP contribution in [0.4, 0.5) is 0 Å². The molecule has 0 saturated heterocycles. The Morgan fingerprint density at radius 1 is 1.21 bits per heavy atom. The molecule has 0 bridgehead atoms. The summed E-state index contributed by atoms with van der Waals surface area (Å²) in [6.45, 7) is 5.42. The second-order valence-corrected chi connectivity index (χ2v) is 10.1. The molecule has 7 heteroatoms. The molecule has 0 saturated carbocycles. The molecule has 0 amide bonds. The lowest BCUT2D eigenvalue weighted by molar-refractivity contribution is -0.137. The van der Waals surface area contributed by atoms with Crippen molar-refractivity contribution in [3.8, 4) is 5.75 Å². The third kappa shape index (κ3) is 6.20. The number of carboxylic acids is 1. The van der Waals surface area contributed by atoms with Gasteiger partial charge in [-0.2, -0.15) is 0 Å². The van der Waals surface area contributed by atoms with Crippen LogP contribution in [-0.4, -0.2) is 46.3 Å². The van der Waals surface area contributed by atoms with Gasteiger partial charge in [0.25, 0.3) is 0 Å². The van der Waals surface area contributed by atoms with Crippen LogP contribution in [0, 0.1) is 0 Å². The number of unbranched alkanes of at least 4 members (excludes halogenated alkanes) is 1. The molecular formula is C27H32N2O4S. The van der Waals surface area contributed by atoms with Crippen molar-refractivity contribution in [3.05, 3.63) is 65.2 Å². The van der Waals surface area contributed by atoms with E-state index in [1.54, 1.807) is 11.8 Å². The summed E-state index contributed by atoms with van der Waals surface area (Å²) in [7, 11) is 0. The van der Waals surface area contributed by atoms with Gasteiger partial charge >= 0.3 is 5.97 Å². The highest BCUT2D eigenvalue weighted by molar-refractivity contribution is 8.15. The average molecular weight is 481 g/mol. The Labute approximate surface area is 205 Å². The average Bonchev–Trinajstić information content (AvgIpc) is 3.51. The predicted octanol–water partition coefficient (Wildman–Crippen LogP) is 5.69. The smallest absolute Gasteiger partial charge is 0.304 e. The summed E-state index contributed by atoms with van der Waals surface area (Å²) in [6.07, 6.45) is 4.21. The molecule has 2 unspecified atom stereocenters. The zero-order valence-corrected chi connectivity index (χ0v) is 20.6. The summed E-state index contributed by atoms with van der Waals surface area (Å²) in [4.78, 5) is 21.3. The molecule has 180 valence electrons. The number of hydrogen-bond acceptors (Lipinski definition) is 6. The number of carbonyl (C=O) groups is 1. The zero-order valence-electron chi connectivity index (χ0n) is 19.8. The van der Waals surface area contributed by atoms with Crippen LogP contribution in [0.3, 0.4) is 0 Å². The molecule has 0 radical (unpaired) electrons. The molecule has 3 atom stereocenters. The van der Waals surface area contributed by atoms with Gasteiger partial charge in [-0.25, -0.2) is 0 Å². The number of rotatable bonds is 11. The number of benzene rings is 2. The van der Waals surface area contributed by atoms with Gasteiger partial charge in [-0.1, -0.05) is 66.7 Å². The largest absolute Gasteiger partial charge is 0.492 e. The monoisotopic (exact) mass is 480 g/mol. The van der Waals surface area contributed by atoms with Gasteiger partial charge in [-0.3, -0.25) is 9.79 Å². The van der Waals surface area contributed by atoms with Crippen LogP contribution in [0.5, 0.6) is 5.75 Å². The summed E-state index contributed by atoms with van der Waals surface area (Å²) in [5, 5.41) is 14.7. The van der Waals surface area contributed by atoms with E-state index < -0.39 is 5.97 Å². The topological polar surface area (TPSA) is 80.5 Å². The lowest BCUT2D eigenvalue weighted by atomic mass is 9.89. The number of aryl methyl sites for hydroxylation is 1. The maximum Gasteiger partial charge on any atom is 0.304 e. The van der Waals surface area contributed by atoms with E-state index in [-0.39, 0.29) is 23.6 Å². The minimum absolute atomic E-state index is 0.00166. The summed E-state index contributed by atoms with van der Waals surface area (Å²) in [5.74, 6) is -0.355. The lowest BCUT2D eigenvalue weighted by Crippen LogP contribution is -2.22. The fourth-order valence-corrected chi connectivity index (χ4v) is 5.37. The van der Waals surface area contributed by atoms with E-state index in [2.05, 4.69) is 43.3 Å². The van der Waals surface area contributed by atoms with Crippen LogP contribution in [0.15, 0.2) is 58.7 Å². The first-order chi connectivity index (χ1) is 16.5. The molecule has 0 spiro atoms. The van der Waals surface area contributed by atoms with Crippen molar-refractivity contribution < 1.29 is 19.5 Å². The molecule has 34 heavy (non-hydrogen) atoms. The van der Waals surface area contributed by atoms with Crippen LogP contribution in [0.25, 0.3) is 0 Å². The number of hydrogen-bond donors (Lipinski definition) is 1. The Bertz CT molecular complexity index is 1030. The fourth-order valence-electron chi connectivity index (χ4n) is 4.19. The van der Waals surface area contributed by atoms with Crippen molar-refractivity contribution in [2.75, 3.05) is 13.2 Å². The zero-order chi connectivity index (χ0) is 23.9. The molecule has 2 aromatic carbocycles. The van der Waals surface area contributed by atoms with Crippen LogP contribution < -0.4 is 4.74 Å². The van der Waals surface area contributed by atoms with E-state index in [1.165, 1.54) is 24.0 Å². The molecule has 2 heterocycles. The van der Waals surface area contributed by atoms with E-state index in [1.807, 2.05) is 24.3 Å². The van der Waals surface area contributed by atoms with E-state index in [4.69, 9.17) is 14.6 Å². The van der Waals surface area contributed by atoms with Crippen molar-refractivity contribution in [3.63, 3.8) is 0 Å². The van der Waals surface area contributed by atoms with Gasteiger partial charge in [0, 0.05) is 17.9 Å². The van der Waals surface area contributed by atoms with Gasteiger partial charge in [0.1, 0.15) is 19.0 Å². The SMILES string of the molecule is CCCCc1ccc(C2=NC(C)C(COc3ccc([C@H](CC(=O)O)C4=NOCC4)cc3)S2)cc1. The van der Waals surface area contributed by atoms with Crippen molar-refractivity contribution in [2.45, 2.75) is 63.2 Å². The summed E-state index contributed by atoms with van der Waals surface area (Å²) < 4.78 is 6.08. The Morgan fingerprint density at radius 2 is 1.97 bits per heavy atom. The Morgan fingerprint density at radius 3 is 2.62 bits per heavy atom. The molecule has 0 aromatic heterocycles. The number of carboxylic acid groups (broad SMARTS) is 1. The second-order valence-electron chi connectivity index (χ2n) is 8.83. The minimum Gasteiger partial charge on any atom is -0.492 e. The first-order valence-corrected chi connectivity index (χ1v) is 12.9. The standard InChI is InChI=1S/C27H32N2O4S/c1-3-4-5-19-6-8-21(9-7-19)27-28-18(2)25(34-27)17-32-22-12-10-20(11-13-22)23(16-26(30)31)24-14-15-33-29-24/h6-13,18,23,25H,3-5,14-17H2,1-2H3,(H,30,31)/t18?,23-,25?/m0/s1. The van der Waals surface area contributed by atoms with Crippen molar-refractivity contribution in [2.24, 2.45) is 10.1 Å². The Kier molecular flexibility index (Phi) is 8.27. The molecular weight excluding hydrogens is 448 g/mol. The first kappa shape index (κ1) is 24.3. The van der Waals surface area contributed by atoms with Gasteiger partial charge in [-0.15, -0.1) is 0 Å². The first-order valence-electron chi connectivity index (χ1n) is 12.0.